The molecule has 2 aromatic carbocycles. The largest absolute Gasteiger partial charge is 0.372 e. The molecule has 1 aliphatic heterocycles. The van der Waals surface area contributed by atoms with E-state index < -0.39 is 5.92 Å². The lowest BCUT2D eigenvalue weighted by atomic mass is 9.96. The monoisotopic (exact) mass is 344 g/mol. The quantitative estimate of drug-likeness (QED) is 0.924. The van der Waals surface area contributed by atoms with Crippen LogP contribution in [0, 0.1) is 28.6 Å². The van der Waals surface area contributed by atoms with Gasteiger partial charge < -0.3 is 10.2 Å². The van der Waals surface area contributed by atoms with E-state index in [2.05, 4.69) is 34.5 Å². The van der Waals surface area contributed by atoms with Crippen LogP contribution in [0.4, 0.5) is 5.69 Å². The Hall–Kier alpha value is -3.31. The van der Waals surface area contributed by atoms with Gasteiger partial charge in [-0.3, -0.25) is 4.79 Å². The number of rotatable bonds is 4. The van der Waals surface area contributed by atoms with Crippen molar-refractivity contribution in [2.75, 3.05) is 18.5 Å². The number of carbonyl (C=O) groups excluding carboxylic acids is 1. The van der Waals surface area contributed by atoms with Gasteiger partial charge in [0.25, 0.3) is 0 Å². The first kappa shape index (κ1) is 17.5. The number of fused-ring (bicyclic) bond motifs is 1. The lowest BCUT2D eigenvalue weighted by Crippen LogP contribution is -2.48. The Morgan fingerprint density at radius 3 is 2.65 bits per heavy atom. The van der Waals surface area contributed by atoms with Gasteiger partial charge >= 0.3 is 0 Å². The summed E-state index contributed by atoms with van der Waals surface area (Å²) in [6.07, 6.45) is 1.11. The maximum Gasteiger partial charge on any atom is 0.237 e. The molecule has 3 rings (SSSR count). The van der Waals surface area contributed by atoms with Crippen molar-refractivity contribution in [1.82, 2.24) is 5.32 Å². The molecule has 0 spiro atoms. The molecule has 0 fully saturated rings. The van der Waals surface area contributed by atoms with Crippen LogP contribution in [0.5, 0.6) is 0 Å². The molecule has 1 amide bonds. The van der Waals surface area contributed by atoms with Crippen molar-refractivity contribution in [3.8, 4) is 12.1 Å². The lowest BCUT2D eigenvalue weighted by molar-refractivity contribution is -0.124. The van der Waals surface area contributed by atoms with Crippen LogP contribution in [0.3, 0.4) is 0 Å². The van der Waals surface area contributed by atoms with Gasteiger partial charge in [-0.05, 0) is 42.2 Å². The molecule has 2 unspecified atom stereocenters. The van der Waals surface area contributed by atoms with E-state index in [4.69, 9.17) is 5.26 Å². The third-order valence-corrected chi connectivity index (χ3v) is 4.70. The number of anilines is 1. The Bertz CT molecular complexity index is 876. The van der Waals surface area contributed by atoms with Crippen molar-refractivity contribution in [2.24, 2.45) is 5.92 Å². The maximum absolute atomic E-state index is 12.6. The molecule has 0 aromatic heterocycles. The zero-order valence-corrected chi connectivity index (χ0v) is 14.6. The van der Waals surface area contributed by atoms with E-state index in [0.29, 0.717) is 12.0 Å². The number of nitrogens with one attached hydrogen (secondary N) is 1. The van der Waals surface area contributed by atoms with E-state index in [1.807, 2.05) is 19.2 Å². The molecule has 0 saturated carbocycles. The van der Waals surface area contributed by atoms with Crippen molar-refractivity contribution in [3.05, 3.63) is 65.2 Å². The number of benzene rings is 2. The van der Waals surface area contributed by atoms with Crippen molar-refractivity contribution >= 4 is 11.6 Å². The van der Waals surface area contributed by atoms with Gasteiger partial charge in [0.05, 0.1) is 23.7 Å². The van der Waals surface area contributed by atoms with Gasteiger partial charge in [-0.15, -0.1) is 0 Å². The van der Waals surface area contributed by atoms with E-state index in [-0.39, 0.29) is 11.9 Å². The molecule has 5 heteroatoms. The second-order valence-electron chi connectivity index (χ2n) is 6.61. The molecule has 5 nitrogen and oxygen atoms in total. The smallest absolute Gasteiger partial charge is 0.237 e. The highest BCUT2D eigenvalue weighted by atomic mass is 16.1. The lowest BCUT2D eigenvalue weighted by Gasteiger charge is -2.34. The number of para-hydroxylation sites is 1. The summed E-state index contributed by atoms with van der Waals surface area (Å²) in [5.41, 5.74) is 3.83. The average Bonchev–Trinajstić information content (AvgIpc) is 2.66. The van der Waals surface area contributed by atoms with Crippen LogP contribution in [-0.2, 0) is 17.6 Å². The number of hydrogen-bond donors (Lipinski definition) is 1. The van der Waals surface area contributed by atoms with Gasteiger partial charge in [0, 0.05) is 19.3 Å². The molecular weight excluding hydrogens is 324 g/mol. The summed E-state index contributed by atoms with van der Waals surface area (Å²) in [6, 6.07) is 19.3. The molecule has 0 bridgehead atoms. The Balaban J connectivity index is 1.64. The zero-order chi connectivity index (χ0) is 18.5. The Kier molecular flexibility index (Phi) is 5.20. The maximum atomic E-state index is 12.6. The van der Waals surface area contributed by atoms with E-state index in [0.717, 1.165) is 18.5 Å². The highest BCUT2D eigenvalue weighted by molar-refractivity contribution is 5.82. The van der Waals surface area contributed by atoms with Crippen molar-refractivity contribution < 1.29 is 4.79 Å². The molecule has 0 aliphatic carbocycles. The number of likely N-dealkylation sites (N-methyl/N-ethyl adjacent to an activating group) is 1. The topological polar surface area (TPSA) is 79.9 Å². The minimum atomic E-state index is -0.745. The predicted octanol–water partition coefficient (Wildman–Crippen LogP) is 2.42. The Morgan fingerprint density at radius 2 is 1.96 bits per heavy atom. The summed E-state index contributed by atoms with van der Waals surface area (Å²) >= 11 is 0. The first-order chi connectivity index (χ1) is 12.6. The van der Waals surface area contributed by atoms with E-state index in [9.17, 15) is 10.1 Å². The molecule has 0 radical (unpaired) electrons. The van der Waals surface area contributed by atoms with Crippen LogP contribution < -0.4 is 10.2 Å². The van der Waals surface area contributed by atoms with Gasteiger partial charge in [0.15, 0.2) is 0 Å². The summed E-state index contributed by atoms with van der Waals surface area (Å²) in [6.45, 7) is 0.720. The molecule has 26 heavy (non-hydrogen) atoms. The van der Waals surface area contributed by atoms with Gasteiger partial charge in [-0.1, -0.05) is 30.3 Å². The van der Waals surface area contributed by atoms with Crippen LogP contribution in [-0.4, -0.2) is 25.5 Å². The summed E-state index contributed by atoms with van der Waals surface area (Å²) in [4.78, 5) is 14.7. The van der Waals surface area contributed by atoms with Crippen molar-refractivity contribution in [1.29, 1.82) is 10.5 Å². The van der Waals surface area contributed by atoms with Crippen LogP contribution in [0.1, 0.15) is 16.7 Å². The van der Waals surface area contributed by atoms with Crippen LogP contribution in [0.2, 0.25) is 0 Å². The summed E-state index contributed by atoms with van der Waals surface area (Å²) in [7, 11) is 2.01. The van der Waals surface area contributed by atoms with Gasteiger partial charge in [0.2, 0.25) is 5.91 Å². The minimum absolute atomic E-state index is 0.0146. The third-order valence-electron chi connectivity index (χ3n) is 4.70. The van der Waals surface area contributed by atoms with Gasteiger partial charge in [-0.25, -0.2) is 0 Å². The fourth-order valence-corrected chi connectivity index (χ4v) is 3.36. The summed E-state index contributed by atoms with van der Waals surface area (Å²) in [5.74, 6) is -0.986. The molecule has 130 valence electrons. The number of nitrogens with zero attached hydrogens (tertiary/aromatic N) is 3. The van der Waals surface area contributed by atoms with Crippen LogP contribution in [0.15, 0.2) is 48.5 Å². The molecule has 0 saturated heterocycles. The number of carbonyl (C=O) groups is 1. The van der Waals surface area contributed by atoms with Crippen molar-refractivity contribution in [2.45, 2.75) is 18.9 Å². The SMILES string of the molecule is CN1CC(NC(=O)C(C#N)Cc2ccc(C#N)cc2)Cc2ccccc21. The molecule has 1 aliphatic rings. The molecule has 1 N–H and O–H groups in total. The second kappa shape index (κ2) is 7.72. The van der Waals surface area contributed by atoms with E-state index >= 15 is 0 Å². The summed E-state index contributed by atoms with van der Waals surface area (Å²) < 4.78 is 0. The molecule has 2 aromatic rings. The van der Waals surface area contributed by atoms with Gasteiger partial charge in [0.1, 0.15) is 5.92 Å². The van der Waals surface area contributed by atoms with Gasteiger partial charge in [-0.2, -0.15) is 10.5 Å². The summed E-state index contributed by atoms with van der Waals surface area (Å²) in [5, 5.41) is 21.3. The minimum Gasteiger partial charge on any atom is -0.372 e. The third kappa shape index (κ3) is 3.84. The Morgan fingerprint density at radius 1 is 1.23 bits per heavy atom. The highest BCUT2D eigenvalue weighted by Crippen LogP contribution is 2.25. The first-order valence-corrected chi connectivity index (χ1v) is 8.58. The fraction of sp³-hybridized carbons (Fsp3) is 0.286. The number of hydrogen-bond acceptors (Lipinski definition) is 4. The fourth-order valence-electron chi connectivity index (χ4n) is 3.36. The van der Waals surface area contributed by atoms with Crippen LogP contribution >= 0.6 is 0 Å². The Labute approximate surface area is 153 Å². The van der Waals surface area contributed by atoms with Crippen LogP contribution in [0.25, 0.3) is 0 Å². The number of amides is 1. The standard InChI is InChI=1S/C21H20N4O/c1-25-14-19(11-17-4-2-3-5-20(17)25)24-21(26)18(13-23)10-15-6-8-16(12-22)9-7-15/h2-9,18-19H,10-11,14H2,1H3,(H,24,26). The zero-order valence-electron chi connectivity index (χ0n) is 14.6. The van der Waals surface area contributed by atoms with Crippen molar-refractivity contribution in [3.63, 3.8) is 0 Å². The van der Waals surface area contributed by atoms with E-state index in [1.165, 1.54) is 11.3 Å². The second-order valence-corrected chi connectivity index (χ2v) is 6.61. The molecule has 2 atom stereocenters. The normalized spacial score (nSPS) is 16.7. The average molecular weight is 344 g/mol. The molecular formula is C21H20N4O. The number of nitriles is 2. The predicted molar refractivity (Wildman–Crippen MR) is 99.3 cm³/mol. The highest BCUT2D eigenvalue weighted by Gasteiger charge is 2.26. The van der Waals surface area contributed by atoms with E-state index in [1.54, 1.807) is 24.3 Å². The molecule has 1 heterocycles. The first-order valence-electron chi connectivity index (χ1n) is 8.58.